The highest BCUT2D eigenvalue weighted by Crippen LogP contribution is 2.51. The van der Waals surface area contributed by atoms with Gasteiger partial charge in [-0.25, -0.2) is 0 Å². The van der Waals surface area contributed by atoms with E-state index in [1.165, 1.54) is 6.07 Å². The highest BCUT2D eigenvalue weighted by atomic mass is 19.3. The molecule has 0 spiro atoms. The van der Waals surface area contributed by atoms with E-state index in [0.29, 0.717) is 16.9 Å². The first-order valence-electron chi connectivity index (χ1n) is 16.6. The van der Waals surface area contributed by atoms with Crippen molar-refractivity contribution in [3.63, 3.8) is 0 Å². The molecule has 11 rings (SSSR count). The lowest BCUT2D eigenvalue weighted by atomic mass is 9.91. The summed E-state index contributed by atoms with van der Waals surface area (Å²) in [5.74, 6) is -3.35. The van der Waals surface area contributed by atoms with Crippen LogP contribution in [0, 0.1) is 11.3 Å². The highest BCUT2D eigenvalue weighted by Gasteiger charge is 2.44. The zero-order valence-corrected chi connectivity index (χ0v) is 26.4. The molecule has 50 heavy (non-hydrogen) atoms. The number of benzene rings is 7. The molecule has 0 atom stereocenters. The van der Waals surface area contributed by atoms with Crippen LogP contribution in [0.3, 0.4) is 0 Å². The summed E-state index contributed by atoms with van der Waals surface area (Å²) in [6.45, 7) is 0. The number of fused-ring (bicyclic) bond motifs is 11. The third kappa shape index (κ3) is 3.36. The number of aromatic nitrogens is 3. The summed E-state index contributed by atoms with van der Waals surface area (Å²) in [5, 5.41) is 15.8. The molecule has 10 aromatic rings. The van der Waals surface area contributed by atoms with Crippen LogP contribution in [0.4, 0.5) is 8.78 Å². The van der Waals surface area contributed by atoms with Gasteiger partial charge in [-0.2, -0.15) is 14.0 Å². The van der Waals surface area contributed by atoms with Gasteiger partial charge in [0.25, 0.3) is 0 Å². The molecule has 4 heterocycles. The summed E-state index contributed by atoms with van der Waals surface area (Å²) in [5.41, 5.74) is 7.29. The summed E-state index contributed by atoms with van der Waals surface area (Å²) in [6, 6.07) is 49.6. The highest BCUT2D eigenvalue weighted by molar-refractivity contribution is 6.15. The maximum atomic E-state index is 17.1. The van der Waals surface area contributed by atoms with Gasteiger partial charge in [-0.05, 0) is 72.8 Å². The van der Waals surface area contributed by atoms with Gasteiger partial charge in [0.15, 0.2) is 0 Å². The molecule has 7 aromatic carbocycles. The second-order valence-electron chi connectivity index (χ2n) is 13.1. The van der Waals surface area contributed by atoms with Crippen molar-refractivity contribution in [3.8, 4) is 23.1 Å². The Morgan fingerprint density at radius 3 is 1.50 bits per heavy atom. The smallest absolute Gasteiger partial charge is 0.302 e. The molecule has 0 saturated heterocycles. The van der Waals surface area contributed by atoms with Gasteiger partial charge in [-0.3, -0.25) is 0 Å². The van der Waals surface area contributed by atoms with Crippen LogP contribution in [0.2, 0.25) is 0 Å². The molecular weight excluding hydrogens is 623 g/mol. The van der Waals surface area contributed by atoms with Crippen molar-refractivity contribution >= 4 is 65.4 Å². The number of rotatable bonds is 2. The maximum Gasteiger partial charge on any atom is 0.302 e. The zero-order valence-electron chi connectivity index (χ0n) is 26.4. The second kappa shape index (κ2) is 9.46. The Labute approximate surface area is 283 Å². The summed E-state index contributed by atoms with van der Waals surface area (Å²) in [6.07, 6.45) is 0. The normalized spacial score (nSPS) is 13.5. The molecule has 0 bridgehead atoms. The van der Waals surface area contributed by atoms with Crippen LogP contribution in [0.1, 0.15) is 16.7 Å². The quantitative estimate of drug-likeness (QED) is 0.184. The number of alkyl halides is 2. The van der Waals surface area contributed by atoms with E-state index in [4.69, 9.17) is 0 Å². The molecule has 0 fully saturated rings. The van der Waals surface area contributed by atoms with Crippen molar-refractivity contribution in [2.24, 2.45) is 0 Å². The van der Waals surface area contributed by atoms with E-state index in [9.17, 15) is 5.26 Å². The van der Waals surface area contributed by atoms with Crippen LogP contribution in [-0.4, -0.2) is 13.7 Å². The van der Waals surface area contributed by atoms with Crippen LogP contribution >= 0.6 is 0 Å². The van der Waals surface area contributed by atoms with Gasteiger partial charge in [-0.15, -0.1) is 0 Å². The summed E-state index contributed by atoms with van der Waals surface area (Å²) >= 11 is 0. The van der Waals surface area contributed by atoms with Crippen LogP contribution < -0.4 is 0 Å². The Morgan fingerprint density at radius 2 is 0.940 bits per heavy atom. The van der Waals surface area contributed by atoms with E-state index < -0.39 is 5.92 Å². The third-order valence-electron chi connectivity index (χ3n) is 10.5. The van der Waals surface area contributed by atoms with Crippen molar-refractivity contribution in [2.45, 2.75) is 5.92 Å². The van der Waals surface area contributed by atoms with Crippen molar-refractivity contribution in [1.82, 2.24) is 13.7 Å². The zero-order chi connectivity index (χ0) is 33.3. The Hall–Kier alpha value is -6.71. The van der Waals surface area contributed by atoms with Crippen LogP contribution in [0.15, 0.2) is 146 Å². The number of hydrogen-bond acceptors (Lipinski definition) is 1. The van der Waals surface area contributed by atoms with Gasteiger partial charge in [-0.1, -0.05) is 72.8 Å². The fraction of sp³-hybridized carbons (Fsp3) is 0.0227. The van der Waals surface area contributed by atoms with Crippen molar-refractivity contribution in [2.75, 3.05) is 0 Å². The summed E-state index contributed by atoms with van der Waals surface area (Å²) < 4.78 is 40.4. The lowest BCUT2D eigenvalue weighted by molar-refractivity contribution is 0.0426. The minimum atomic E-state index is -3.35. The van der Waals surface area contributed by atoms with Crippen molar-refractivity contribution in [3.05, 3.63) is 162 Å². The SMILES string of the molecule is N#Cc1ccc2c(c1)C(F)(F)c1cc(-n3c4ccccc4c4ccccc43)cc3c4cc(-n5c6ccccc6c6ccccc65)ccc4n-2c13. The van der Waals surface area contributed by atoms with E-state index in [2.05, 4.69) is 81.9 Å². The van der Waals surface area contributed by atoms with Crippen molar-refractivity contribution in [1.29, 1.82) is 5.26 Å². The lowest BCUT2D eigenvalue weighted by Crippen LogP contribution is -2.24. The average Bonchev–Trinajstić information content (AvgIpc) is 3.79. The molecular formula is C44H24F2N4. The number of nitrogens with zero attached hydrogens (tertiary/aromatic N) is 4. The topological polar surface area (TPSA) is 38.6 Å². The minimum absolute atomic E-state index is 0.0796. The van der Waals surface area contributed by atoms with E-state index in [-0.39, 0.29) is 16.7 Å². The fourth-order valence-corrected chi connectivity index (χ4v) is 8.48. The molecule has 1 aliphatic heterocycles. The number of nitriles is 1. The standard InChI is InChI=1S/C44H24F2N4/c45-44(46)35-21-26(25-47)17-19-42(35)50-41-20-18-27(48-37-13-5-1-9-29(37)30-10-2-6-14-38(30)48)22-33(41)34-23-28(24-36(44)43(34)50)49-39-15-7-3-11-31(39)32-12-4-8-16-40(32)49/h1-24H. The Kier molecular flexibility index (Phi) is 5.16. The number of halogens is 2. The van der Waals surface area contributed by atoms with Gasteiger partial charge in [0, 0.05) is 43.7 Å². The molecule has 1 aliphatic rings. The second-order valence-corrected chi connectivity index (χ2v) is 13.1. The van der Waals surface area contributed by atoms with Gasteiger partial charge in [0.2, 0.25) is 0 Å². The molecule has 234 valence electrons. The molecule has 0 N–H and O–H groups in total. The van der Waals surface area contributed by atoms with E-state index >= 15 is 8.78 Å². The van der Waals surface area contributed by atoms with Gasteiger partial charge < -0.3 is 13.7 Å². The first-order chi connectivity index (χ1) is 24.5. The van der Waals surface area contributed by atoms with Crippen LogP contribution in [0.5, 0.6) is 0 Å². The first-order valence-corrected chi connectivity index (χ1v) is 16.6. The van der Waals surface area contributed by atoms with E-state index in [1.54, 1.807) is 18.2 Å². The van der Waals surface area contributed by atoms with Gasteiger partial charge in [0.05, 0.1) is 61.5 Å². The van der Waals surface area contributed by atoms with Gasteiger partial charge in [0.1, 0.15) is 0 Å². The predicted octanol–water partition coefficient (Wildman–Crippen LogP) is 11.3. The third-order valence-corrected chi connectivity index (χ3v) is 10.5. The molecule has 3 aromatic heterocycles. The van der Waals surface area contributed by atoms with Crippen molar-refractivity contribution < 1.29 is 8.78 Å². The molecule has 6 heteroatoms. The first kappa shape index (κ1) is 27.3. The lowest BCUT2D eigenvalue weighted by Gasteiger charge is -2.29. The molecule has 4 nitrogen and oxygen atoms in total. The summed E-state index contributed by atoms with van der Waals surface area (Å²) in [7, 11) is 0. The Bertz CT molecular complexity index is 3040. The minimum Gasteiger partial charge on any atom is -0.309 e. The average molecular weight is 647 g/mol. The van der Waals surface area contributed by atoms with Crippen LogP contribution in [-0.2, 0) is 5.92 Å². The number of para-hydroxylation sites is 4. The number of hydrogen-bond donors (Lipinski definition) is 0. The Balaban J connectivity index is 1.30. The van der Waals surface area contributed by atoms with Gasteiger partial charge >= 0.3 is 5.92 Å². The molecule has 0 unspecified atom stereocenters. The summed E-state index contributed by atoms with van der Waals surface area (Å²) in [4.78, 5) is 0. The Morgan fingerprint density at radius 1 is 0.440 bits per heavy atom. The fourth-order valence-electron chi connectivity index (χ4n) is 8.48. The molecule has 0 saturated carbocycles. The molecule has 0 amide bonds. The maximum absolute atomic E-state index is 17.1. The van der Waals surface area contributed by atoms with E-state index in [0.717, 1.165) is 65.6 Å². The van der Waals surface area contributed by atoms with Crippen LogP contribution in [0.25, 0.3) is 82.5 Å². The van der Waals surface area contributed by atoms with E-state index in [1.807, 2.05) is 59.2 Å². The largest absolute Gasteiger partial charge is 0.309 e. The predicted molar refractivity (Wildman–Crippen MR) is 197 cm³/mol. The molecule has 0 aliphatic carbocycles. The molecule has 0 radical (unpaired) electrons. The monoisotopic (exact) mass is 646 g/mol.